The summed E-state index contributed by atoms with van der Waals surface area (Å²) >= 11 is 0. The van der Waals surface area contributed by atoms with Gasteiger partial charge in [-0.05, 0) is 37.9 Å². The van der Waals surface area contributed by atoms with Crippen LogP contribution in [0.5, 0.6) is 0 Å². The van der Waals surface area contributed by atoms with E-state index < -0.39 is 0 Å². The molecule has 2 amide bonds. The monoisotopic (exact) mass is 288 g/mol. The fourth-order valence-electron chi connectivity index (χ4n) is 3.22. The van der Waals surface area contributed by atoms with Crippen LogP contribution in [-0.4, -0.2) is 53.4 Å². The summed E-state index contributed by atoms with van der Waals surface area (Å²) in [4.78, 5) is 30.3. The van der Waals surface area contributed by atoms with E-state index in [1.54, 1.807) is 24.4 Å². The van der Waals surface area contributed by atoms with Crippen LogP contribution in [0, 0.1) is 0 Å². The molecule has 6 heteroatoms. The standard InChI is InChI=1S/C15H20N4O2/c20-14(10-18-15(21)13-3-1-2-7-17-13)19-11-4-5-12(19)9-16-8-6-11/h1-3,7,11-12,16H,4-6,8-10H2,(H,18,21). The van der Waals surface area contributed by atoms with Gasteiger partial charge in [0.25, 0.3) is 5.91 Å². The van der Waals surface area contributed by atoms with Gasteiger partial charge in [0.2, 0.25) is 5.91 Å². The Labute approximate surface area is 123 Å². The van der Waals surface area contributed by atoms with Gasteiger partial charge in [-0.15, -0.1) is 0 Å². The highest BCUT2D eigenvalue weighted by Gasteiger charge is 2.37. The second kappa shape index (κ2) is 6.22. The molecule has 3 rings (SSSR count). The van der Waals surface area contributed by atoms with E-state index in [-0.39, 0.29) is 24.4 Å². The number of rotatable bonds is 3. The topological polar surface area (TPSA) is 74.3 Å². The molecule has 2 aliphatic rings. The van der Waals surface area contributed by atoms with Gasteiger partial charge in [0.1, 0.15) is 5.69 Å². The molecule has 0 spiro atoms. The average molecular weight is 288 g/mol. The molecule has 0 aromatic carbocycles. The SMILES string of the molecule is O=C(NCC(=O)N1C2CCNCC1CC2)c1ccccn1. The maximum absolute atomic E-state index is 12.4. The van der Waals surface area contributed by atoms with Crippen molar-refractivity contribution in [3.05, 3.63) is 30.1 Å². The minimum Gasteiger partial charge on any atom is -0.342 e. The maximum Gasteiger partial charge on any atom is 0.270 e. The predicted octanol–water partition coefficient (Wildman–Crippen LogP) is 0.164. The van der Waals surface area contributed by atoms with Crippen LogP contribution in [0.4, 0.5) is 0 Å². The van der Waals surface area contributed by atoms with Crippen LogP contribution in [0.15, 0.2) is 24.4 Å². The van der Waals surface area contributed by atoms with E-state index in [0.29, 0.717) is 11.7 Å². The van der Waals surface area contributed by atoms with Crippen molar-refractivity contribution < 1.29 is 9.59 Å². The smallest absolute Gasteiger partial charge is 0.270 e. The van der Waals surface area contributed by atoms with Crippen LogP contribution in [0.2, 0.25) is 0 Å². The third-order valence-electron chi connectivity index (χ3n) is 4.24. The first-order valence-corrected chi connectivity index (χ1v) is 7.47. The molecule has 0 saturated carbocycles. The van der Waals surface area contributed by atoms with Crippen LogP contribution in [0.25, 0.3) is 0 Å². The molecular weight excluding hydrogens is 268 g/mol. The third kappa shape index (κ3) is 3.05. The lowest BCUT2D eigenvalue weighted by atomic mass is 10.1. The molecule has 2 unspecified atom stereocenters. The number of amides is 2. The van der Waals surface area contributed by atoms with E-state index in [1.807, 2.05) is 4.90 Å². The van der Waals surface area contributed by atoms with E-state index in [1.165, 1.54) is 0 Å². The highest BCUT2D eigenvalue weighted by Crippen LogP contribution is 2.27. The molecule has 2 saturated heterocycles. The van der Waals surface area contributed by atoms with Crippen molar-refractivity contribution in [1.29, 1.82) is 0 Å². The zero-order valence-electron chi connectivity index (χ0n) is 11.9. The Morgan fingerprint density at radius 1 is 1.29 bits per heavy atom. The van der Waals surface area contributed by atoms with E-state index in [9.17, 15) is 9.59 Å². The number of nitrogens with one attached hydrogen (secondary N) is 2. The first-order chi connectivity index (χ1) is 10.3. The lowest BCUT2D eigenvalue weighted by Gasteiger charge is -2.28. The Morgan fingerprint density at radius 2 is 2.14 bits per heavy atom. The zero-order valence-corrected chi connectivity index (χ0v) is 11.9. The van der Waals surface area contributed by atoms with E-state index in [0.717, 1.165) is 32.4 Å². The van der Waals surface area contributed by atoms with Crippen LogP contribution in [-0.2, 0) is 4.79 Å². The van der Waals surface area contributed by atoms with Crippen LogP contribution in [0.1, 0.15) is 29.8 Å². The van der Waals surface area contributed by atoms with Crippen molar-refractivity contribution in [1.82, 2.24) is 20.5 Å². The van der Waals surface area contributed by atoms with E-state index in [4.69, 9.17) is 0 Å². The van der Waals surface area contributed by atoms with Crippen LogP contribution < -0.4 is 10.6 Å². The Balaban J connectivity index is 1.58. The largest absolute Gasteiger partial charge is 0.342 e. The molecule has 6 nitrogen and oxygen atoms in total. The third-order valence-corrected chi connectivity index (χ3v) is 4.24. The lowest BCUT2D eigenvalue weighted by molar-refractivity contribution is -0.132. The number of carbonyl (C=O) groups excluding carboxylic acids is 2. The summed E-state index contributed by atoms with van der Waals surface area (Å²) in [5.41, 5.74) is 0.339. The van der Waals surface area contributed by atoms with Crippen molar-refractivity contribution in [3.8, 4) is 0 Å². The van der Waals surface area contributed by atoms with Gasteiger partial charge < -0.3 is 15.5 Å². The van der Waals surface area contributed by atoms with E-state index in [2.05, 4.69) is 15.6 Å². The Kier molecular flexibility index (Phi) is 4.15. The van der Waals surface area contributed by atoms with Gasteiger partial charge in [-0.25, -0.2) is 0 Å². The Bertz CT molecular complexity index is 506. The molecule has 0 radical (unpaired) electrons. The van der Waals surface area contributed by atoms with Crippen molar-refractivity contribution in [3.63, 3.8) is 0 Å². The van der Waals surface area contributed by atoms with Gasteiger partial charge in [0.05, 0.1) is 6.54 Å². The van der Waals surface area contributed by atoms with Gasteiger partial charge in [-0.1, -0.05) is 6.07 Å². The molecule has 1 aromatic rings. The number of aromatic nitrogens is 1. The highest BCUT2D eigenvalue weighted by molar-refractivity contribution is 5.94. The molecule has 3 heterocycles. The van der Waals surface area contributed by atoms with Gasteiger partial charge in [0, 0.05) is 24.8 Å². The molecule has 21 heavy (non-hydrogen) atoms. The van der Waals surface area contributed by atoms with Gasteiger partial charge in [0.15, 0.2) is 0 Å². The number of pyridine rings is 1. The molecule has 2 aliphatic heterocycles. The van der Waals surface area contributed by atoms with Crippen LogP contribution >= 0.6 is 0 Å². The summed E-state index contributed by atoms with van der Waals surface area (Å²) in [6.45, 7) is 1.87. The molecule has 2 atom stereocenters. The summed E-state index contributed by atoms with van der Waals surface area (Å²) < 4.78 is 0. The first-order valence-electron chi connectivity index (χ1n) is 7.47. The number of fused-ring (bicyclic) bond motifs is 2. The fourth-order valence-corrected chi connectivity index (χ4v) is 3.22. The molecule has 2 N–H and O–H groups in total. The lowest BCUT2D eigenvalue weighted by Crippen LogP contribution is -2.47. The summed E-state index contributed by atoms with van der Waals surface area (Å²) in [6, 6.07) is 5.74. The van der Waals surface area contributed by atoms with Crippen molar-refractivity contribution in [2.45, 2.75) is 31.3 Å². The number of hydrogen-bond acceptors (Lipinski definition) is 4. The van der Waals surface area contributed by atoms with Gasteiger partial charge >= 0.3 is 0 Å². The fraction of sp³-hybridized carbons (Fsp3) is 0.533. The molecule has 2 fully saturated rings. The quantitative estimate of drug-likeness (QED) is 0.831. The molecule has 112 valence electrons. The molecule has 2 bridgehead atoms. The van der Waals surface area contributed by atoms with Crippen molar-refractivity contribution in [2.75, 3.05) is 19.6 Å². The second-order valence-corrected chi connectivity index (χ2v) is 5.58. The molecular formula is C15H20N4O2. The maximum atomic E-state index is 12.4. The normalized spacial score (nSPS) is 24.5. The van der Waals surface area contributed by atoms with Crippen molar-refractivity contribution in [2.24, 2.45) is 0 Å². The minimum atomic E-state index is -0.302. The Hall–Kier alpha value is -1.95. The highest BCUT2D eigenvalue weighted by atomic mass is 16.2. The summed E-state index contributed by atoms with van der Waals surface area (Å²) in [6.07, 6.45) is 4.69. The van der Waals surface area contributed by atoms with Crippen LogP contribution in [0.3, 0.4) is 0 Å². The number of carbonyl (C=O) groups is 2. The number of nitrogens with zero attached hydrogens (tertiary/aromatic N) is 2. The summed E-state index contributed by atoms with van der Waals surface area (Å²) in [5.74, 6) is -0.292. The second-order valence-electron chi connectivity index (χ2n) is 5.58. The zero-order chi connectivity index (χ0) is 14.7. The predicted molar refractivity (Wildman–Crippen MR) is 77.7 cm³/mol. The summed E-state index contributed by atoms with van der Waals surface area (Å²) in [7, 11) is 0. The first kappa shape index (κ1) is 14.0. The average Bonchev–Trinajstić information content (AvgIpc) is 2.78. The van der Waals surface area contributed by atoms with Gasteiger partial charge in [-0.3, -0.25) is 14.6 Å². The molecule has 1 aromatic heterocycles. The number of hydrogen-bond donors (Lipinski definition) is 2. The summed E-state index contributed by atoms with van der Waals surface area (Å²) in [5, 5.41) is 6.04. The minimum absolute atomic E-state index is 0.00970. The molecule has 0 aliphatic carbocycles. The Morgan fingerprint density at radius 3 is 2.95 bits per heavy atom. The van der Waals surface area contributed by atoms with Crippen molar-refractivity contribution >= 4 is 11.8 Å². The van der Waals surface area contributed by atoms with E-state index >= 15 is 0 Å². The van der Waals surface area contributed by atoms with Gasteiger partial charge in [-0.2, -0.15) is 0 Å².